The second-order valence-corrected chi connectivity index (χ2v) is 11.2. The molecule has 0 bridgehead atoms. The number of rotatable bonds is 10. The lowest BCUT2D eigenvalue weighted by atomic mass is 10.1. The van der Waals surface area contributed by atoms with Crippen LogP contribution in [0.25, 0.3) is 0 Å². The van der Waals surface area contributed by atoms with Gasteiger partial charge < -0.3 is 0 Å². The highest BCUT2D eigenvalue weighted by molar-refractivity contribution is 6.84. The summed E-state index contributed by atoms with van der Waals surface area (Å²) in [7, 11) is -1.13. The van der Waals surface area contributed by atoms with Crippen LogP contribution < -0.4 is 0 Å². The highest BCUT2D eigenvalue weighted by Gasteiger charge is 2.21. The predicted molar refractivity (Wildman–Crippen MR) is 87.8 cm³/mol. The molecule has 0 saturated heterocycles. The molecule has 0 aliphatic rings. The summed E-state index contributed by atoms with van der Waals surface area (Å²) in [5.74, 6) is 0. The van der Waals surface area contributed by atoms with Gasteiger partial charge in [0, 0.05) is 0 Å². The third kappa shape index (κ3) is 8.77. The molecule has 0 N–H and O–H groups in total. The van der Waals surface area contributed by atoms with Gasteiger partial charge in [-0.25, -0.2) is 0 Å². The van der Waals surface area contributed by atoms with Crippen LogP contribution in [0.4, 0.5) is 0 Å². The number of hydrogen-bond acceptors (Lipinski definition) is 0. The fraction of sp³-hybridized carbons (Fsp3) is 0.824. The maximum absolute atomic E-state index is 3.58. The molecule has 0 radical (unpaired) electrons. The van der Waals surface area contributed by atoms with Crippen LogP contribution in [-0.4, -0.2) is 8.07 Å². The number of unbranched alkanes of at least 4 members (excludes halogenated alkanes) is 6. The van der Waals surface area contributed by atoms with E-state index in [1.807, 2.05) is 0 Å². The first-order valence-electron chi connectivity index (χ1n) is 7.96. The van der Waals surface area contributed by atoms with E-state index >= 15 is 0 Å². The summed E-state index contributed by atoms with van der Waals surface area (Å²) in [5.41, 5.74) is 3.58. The van der Waals surface area contributed by atoms with E-state index in [9.17, 15) is 0 Å². The quantitative estimate of drug-likeness (QED) is 0.241. The molecule has 106 valence electrons. The van der Waals surface area contributed by atoms with Crippen molar-refractivity contribution in [3.8, 4) is 0 Å². The summed E-state index contributed by atoms with van der Waals surface area (Å²) in [6.45, 7) is 11.8. The highest BCUT2D eigenvalue weighted by atomic mass is 28.3. The standard InChI is InChI=1S/C17H34Si/c1-6-8-10-11-12-13-14-15-17(3)18(4,5)16-9-7-2/h14H,6-13,16H2,1-5H3. The Labute approximate surface area is 117 Å². The minimum Gasteiger partial charge on any atom is -0.131 e. The average Bonchev–Trinajstić information content (AvgIpc) is 2.35. The SMILES string of the molecule is CCCCCCCC=C=C(C)[Si](C)(C)CCCC. The van der Waals surface area contributed by atoms with E-state index in [4.69, 9.17) is 0 Å². The topological polar surface area (TPSA) is 0 Å². The van der Waals surface area contributed by atoms with Gasteiger partial charge in [0.2, 0.25) is 0 Å². The molecule has 0 heterocycles. The van der Waals surface area contributed by atoms with E-state index in [-0.39, 0.29) is 0 Å². The van der Waals surface area contributed by atoms with E-state index in [1.165, 1.54) is 57.4 Å². The molecule has 0 aromatic heterocycles. The van der Waals surface area contributed by atoms with Crippen molar-refractivity contribution in [2.45, 2.75) is 91.3 Å². The van der Waals surface area contributed by atoms with Crippen LogP contribution in [0.3, 0.4) is 0 Å². The summed E-state index contributed by atoms with van der Waals surface area (Å²) in [6, 6.07) is 1.42. The van der Waals surface area contributed by atoms with Crippen molar-refractivity contribution in [2.24, 2.45) is 0 Å². The third-order valence-electron chi connectivity index (χ3n) is 3.94. The average molecular weight is 267 g/mol. The van der Waals surface area contributed by atoms with Crippen LogP contribution >= 0.6 is 0 Å². The first kappa shape index (κ1) is 17.7. The van der Waals surface area contributed by atoms with E-state index in [2.05, 4.69) is 45.7 Å². The van der Waals surface area contributed by atoms with Crippen LogP contribution in [0.2, 0.25) is 19.1 Å². The van der Waals surface area contributed by atoms with Crippen molar-refractivity contribution in [2.75, 3.05) is 0 Å². The van der Waals surface area contributed by atoms with Crippen molar-refractivity contribution < 1.29 is 0 Å². The van der Waals surface area contributed by atoms with Crippen molar-refractivity contribution in [1.29, 1.82) is 0 Å². The molecular weight excluding hydrogens is 232 g/mol. The Balaban J connectivity index is 3.98. The van der Waals surface area contributed by atoms with E-state index in [0.717, 1.165) is 0 Å². The summed E-state index contributed by atoms with van der Waals surface area (Å²) in [6.07, 6.45) is 13.1. The lowest BCUT2D eigenvalue weighted by molar-refractivity contribution is 0.637. The fourth-order valence-corrected chi connectivity index (χ4v) is 4.18. The zero-order valence-electron chi connectivity index (χ0n) is 13.4. The summed E-state index contributed by atoms with van der Waals surface area (Å²) in [4.78, 5) is 0. The predicted octanol–water partition coefficient (Wildman–Crippen LogP) is 6.50. The van der Waals surface area contributed by atoms with Crippen LogP contribution in [0, 0.1) is 0 Å². The molecular formula is C17H34Si. The van der Waals surface area contributed by atoms with Crippen molar-refractivity contribution in [3.05, 3.63) is 17.0 Å². The zero-order valence-corrected chi connectivity index (χ0v) is 14.4. The first-order chi connectivity index (χ1) is 8.54. The lowest BCUT2D eigenvalue weighted by Crippen LogP contribution is -2.26. The second kappa shape index (κ2) is 10.6. The Hall–Kier alpha value is -0.263. The molecule has 0 spiro atoms. The number of hydrogen-bond donors (Lipinski definition) is 0. The van der Waals surface area contributed by atoms with E-state index in [0.29, 0.717) is 0 Å². The van der Waals surface area contributed by atoms with E-state index < -0.39 is 8.07 Å². The molecule has 0 saturated carbocycles. The molecule has 0 fully saturated rings. The normalized spacial score (nSPS) is 11.2. The minimum atomic E-state index is -1.13. The minimum absolute atomic E-state index is 1.13. The van der Waals surface area contributed by atoms with Gasteiger partial charge in [0.25, 0.3) is 0 Å². The molecule has 0 aliphatic carbocycles. The second-order valence-electron chi connectivity index (χ2n) is 6.16. The molecule has 1 heteroatoms. The molecule has 18 heavy (non-hydrogen) atoms. The Morgan fingerprint density at radius 1 is 0.944 bits per heavy atom. The van der Waals surface area contributed by atoms with Crippen molar-refractivity contribution in [1.82, 2.24) is 0 Å². The van der Waals surface area contributed by atoms with Crippen LogP contribution in [-0.2, 0) is 0 Å². The van der Waals surface area contributed by atoms with Gasteiger partial charge in [-0.1, -0.05) is 71.5 Å². The molecule has 0 atom stereocenters. The van der Waals surface area contributed by atoms with Crippen molar-refractivity contribution >= 4 is 8.07 Å². The van der Waals surface area contributed by atoms with Crippen LogP contribution in [0.15, 0.2) is 17.0 Å². The smallest absolute Gasteiger partial charge is 0.0849 e. The van der Waals surface area contributed by atoms with Gasteiger partial charge in [-0.2, -0.15) is 0 Å². The van der Waals surface area contributed by atoms with Gasteiger partial charge in [0.1, 0.15) is 0 Å². The Morgan fingerprint density at radius 2 is 1.56 bits per heavy atom. The Morgan fingerprint density at radius 3 is 2.17 bits per heavy atom. The Bertz CT molecular complexity index is 257. The van der Waals surface area contributed by atoms with Gasteiger partial charge in [0.15, 0.2) is 0 Å². The Kier molecular flexibility index (Phi) is 10.5. The lowest BCUT2D eigenvalue weighted by Gasteiger charge is -2.21. The first-order valence-corrected chi connectivity index (χ1v) is 11.2. The fourth-order valence-electron chi connectivity index (χ4n) is 2.08. The molecule has 0 amide bonds. The molecule has 0 aliphatic heterocycles. The van der Waals surface area contributed by atoms with Gasteiger partial charge in [0.05, 0.1) is 8.07 Å². The van der Waals surface area contributed by atoms with Gasteiger partial charge in [-0.05, 0) is 31.0 Å². The van der Waals surface area contributed by atoms with Gasteiger partial charge in [-0.15, -0.1) is 5.73 Å². The van der Waals surface area contributed by atoms with Gasteiger partial charge in [-0.3, -0.25) is 0 Å². The summed E-state index contributed by atoms with van der Waals surface area (Å²) in [5, 5.41) is 1.56. The molecule has 0 aromatic carbocycles. The summed E-state index contributed by atoms with van der Waals surface area (Å²) < 4.78 is 0. The van der Waals surface area contributed by atoms with E-state index in [1.54, 1.807) is 5.20 Å². The van der Waals surface area contributed by atoms with Crippen LogP contribution in [0.1, 0.15) is 72.1 Å². The largest absolute Gasteiger partial charge is 0.131 e. The zero-order chi connectivity index (χ0) is 13.9. The monoisotopic (exact) mass is 266 g/mol. The molecule has 0 nitrogen and oxygen atoms in total. The van der Waals surface area contributed by atoms with Crippen molar-refractivity contribution in [3.63, 3.8) is 0 Å². The summed E-state index contributed by atoms with van der Waals surface area (Å²) >= 11 is 0. The molecule has 0 rings (SSSR count). The maximum Gasteiger partial charge on any atom is 0.0849 e. The molecule has 0 unspecified atom stereocenters. The third-order valence-corrected chi connectivity index (χ3v) is 7.72. The highest BCUT2D eigenvalue weighted by Crippen LogP contribution is 2.21. The van der Waals surface area contributed by atoms with Gasteiger partial charge >= 0.3 is 0 Å². The maximum atomic E-state index is 3.58. The molecule has 0 aromatic rings. The van der Waals surface area contributed by atoms with Crippen LogP contribution in [0.5, 0.6) is 0 Å². The number of allylic oxidation sites excluding steroid dienone is 1.